The number of hydrogen-bond donors (Lipinski definition) is 2. The molecule has 112 valence electrons. The zero-order chi connectivity index (χ0) is 15.2. The minimum atomic E-state index is -3.68. The van der Waals surface area contributed by atoms with Crippen LogP contribution in [0.25, 0.3) is 0 Å². The molecule has 0 heterocycles. The maximum Gasteiger partial charge on any atom is 0.243 e. The van der Waals surface area contributed by atoms with E-state index in [0.717, 1.165) is 4.31 Å². The van der Waals surface area contributed by atoms with Gasteiger partial charge in [-0.2, -0.15) is 4.31 Å². The van der Waals surface area contributed by atoms with Crippen LogP contribution < -0.4 is 10.6 Å². The van der Waals surface area contributed by atoms with Gasteiger partial charge in [-0.3, -0.25) is 4.79 Å². The molecular weight excluding hydrogens is 302 g/mol. The zero-order valence-electron chi connectivity index (χ0n) is 11.4. The lowest BCUT2D eigenvalue weighted by Gasteiger charge is -2.16. The van der Waals surface area contributed by atoms with Gasteiger partial charge in [-0.15, -0.1) is 0 Å². The summed E-state index contributed by atoms with van der Waals surface area (Å²) in [5.74, 6) is -0.347. The van der Waals surface area contributed by atoms with Crippen LogP contribution >= 0.6 is 11.6 Å². The summed E-state index contributed by atoms with van der Waals surface area (Å²) in [5.41, 5.74) is 0. The summed E-state index contributed by atoms with van der Waals surface area (Å²) in [6.45, 7) is 0.845. The monoisotopic (exact) mass is 319 g/mol. The molecule has 0 saturated heterocycles. The van der Waals surface area contributed by atoms with Crippen LogP contribution in [0.2, 0.25) is 5.02 Å². The van der Waals surface area contributed by atoms with Crippen molar-refractivity contribution < 1.29 is 13.2 Å². The number of hydrogen-bond acceptors (Lipinski definition) is 4. The normalized spacial score (nSPS) is 11.6. The molecule has 0 aliphatic carbocycles. The van der Waals surface area contributed by atoms with Crippen molar-refractivity contribution in [3.8, 4) is 0 Å². The van der Waals surface area contributed by atoms with E-state index < -0.39 is 10.0 Å². The number of halogens is 1. The summed E-state index contributed by atoms with van der Waals surface area (Å²) >= 11 is 5.72. The third-order valence-corrected chi connectivity index (χ3v) is 4.65. The van der Waals surface area contributed by atoms with Crippen molar-refractivity contribution >= 4 is 27.5 Å². The van der Waals surface area contributed by atoms with E-state index in [0.29, 0.717) is 18.1 Å². The summed E-state index contributed by atoms with van der Waals surface area (Å²) in [6.07, 6.45) is 0. The highest BCUT2D eigenvalue weighted by molar-refractivity contribution is 7.89. The van der Waals surface area contributed by atoms with E-state index in [-0.39, 0.29) is 17.3 Å². The fourth-order valence-electron chi connectivity index (χ4n) is 1.46. The van der Waals surface area contributed by atoms with Crippen molar-refractivity contribution in [1.82, 2.24) is 14.9 Å². The first-order valence-corrected chi connectivity index (χ1v) is 7.83. The molecule has 20 heavy (non-hydrogen) atoms. The van der Waals surface area contributed by atoms with Gasteiger partial charge in [0.1, 0.15) is 0 Å². The first kappa shape index (κ1) is 16.9. The number of rotatable bonds is 7. The molecule has 0 unspecified atom stereocenters. The number of carbonyl (C=O) groups excluding carboxylic acids is 1. The Balaban J connectivity index is 2.68. The summed E-state index contributed by atoms with van der Waals surface area (Å²) in [6, 6.07) is 5.81. The third kappa shape index (κ3) is 4.75. The van der Waals surface area contributed by atoms with E-state index in [4.69, 9.17) is 11.6 Å². The van der Waals surface area contributed by atoms with Gasteiger partial charge in [-0.1, -0.05) is 11.6 Å². The predicted octanol–water partition coefficient (Wildman–Crippen LogP) is 0.296. The summed E-state index contributed by atoms with van der Waals surface area (Å²) in [4.78, 5) is 11.7. The average molecular weight is 320 g/mol. The van der Waals surface area contributed by atoms with Gasteiger partial charge in [0.15, 0.2) is 0 Å². The SMILES string of the molecule is CNCCNC(=O)CN(C)S(=O)(=O)c1ccc(Cl)cc1. The van der Waals surface area contributed by atoms with Gasteiger partial charge >= 0.3 is 0 Å². The third-order valence-electron chi connectivity index (χ3n) is 2.59. The van der Waals surface area contributed by atoms with Crippen LogP contribution in [0.3, 0.4) is 0 Å². The first-order valence-electron chi connectivity index (χ1n) is 6.01. The molecule has 0 spiro atoms. The molecule has 0 saturated carbocycles. The largest absolute Gasteiger partial charge is 0.354 e. The molecule has 1 amide bonds. The summed E-state index contributed by atoms with van der Waals surface area (Å²) in [7, 11) is -0.553. The van der Waals surface area contributed by atoms with E-state index >= 15 is 0 Å². The molecule has 1 aromatic carbocycles. The minimum Gasteiger partial charge on any atom is -0.354 e. The molecule has 1 rings (SSSR count). The van der Waals surface area contributed by atoms with Crippen molar-refractivity contribution in [1.29, 1.82) is 0 Å². The number of sulfonamides is 1. The fraction of sp³-hybridized carbons (Fsp3) is 0.417. The molecule has 0 radical (unpaired) electrons. The van der Waals surface area contributed by atoms with Gasteiger partial charge in [0, 0.05) is 25.2 Å². The Morgan fingerprint density at radius 3 is 2.40 bits per heavy atom. The van der Waals surface area contributed by atoms with Crippen LogP contribution in [0.4, 0.5) is 0 Å². The molecule has 0 aliphatic rings. The Kier molecular flexibility index (Phi) is 6.41. The van der Waals surface area contributed by atoms with E-state index in [1.54, 1.807) is 7.05 Å². The van der Waals surface area contributed by atoms with Crippen molar-refractivity contribution in [2.45, 2.75) is 4.90 Å². The van der Waals surface area contributed by atoms with Crippen LogP contribution in [0.15, 0.2) is 29.2 Å². The van der Waals surface area contributed by atoms with E-state index in [1.165, 1.54) is 31.3 Å². The van der Waals surface area contributed by atoms with Crippen molar-refractivity contribution in [3.63, 3.8) is 0 Å². The van der Waals surface area contributed by atoms with E-state index in [1.807, 2.05) is 0 Å². The standard InChI is InChI=1S/C12H18ClN3O3S/c1-14-7-8-15-12(17)9-16(2)20(18,19)11-5-3-10(13)4-6-11/h3-6,14H,7-9H2,1-2H3,(H,15,17). The molecule has 0 atom stereocenters. The Bertz CT molecular complexity index is 546. The molecule has 6 nitrogen and oxygen atoms in total. The maximum atomic E-state index is 12.2. The topological polar surface area (TPSA) is 78.5 Å². The van der Waals surface area contributed by atoms with Crippen molar-refractivity contribution in [3.05, 3.63) is 29.3 Å². The average Bonchev–Trinajstić information content (AvgIpc) is 2.39. The number of carbonyl (C=O) groups is 1. The quantitative estimate of drug-likeness (QED) is 0.708. The Hall–Kier alpha value is -1.15. The highest BCUT2D eigenvalue weighted by Gasteiger charge is 2.22. The second-order valence-electron chi connectivity index (χ2n) is 4.17. The summed E-state index contributed by atoms with van der Waals surface area (Å²) in [5, 5.41) is 5.95. The van der Waals surface area contributed by atoms with Crippen molar-refractivity contribution in [2.75, 3.05) is 33.7 Å². The highest BCUT2D eigenvalue weighted by Crippen LogP contribution is 2.17. The molecule has 1 aromatic rings. The number of nitrogens with zero attached hydrogens (tertiary/aromatic N) is 1. The van der Waals surface area contributed by atoms with Gasteiger partial charge in [0.25, 0.3) is 0 Å². The maximum absolute atomic E-state index is 12.2. The Morgan fingerprint density at radius 2 is 1.85 bits per heavy atom. The lowest BCUT2D eigenvalue weighted by molar-refractivity contribution is -0.121. The van der Waals surface area contributed by atoms with Crippen LogP contribution in [0.1, 0.15) is 0 Å². The minimum absolute atomic E-state index is 0.104. The first-order chi connectivity index (χ1) is 9.37. The van der Waals surface area contributed by atoms with Crippen molar-refractivity contribution in [2.24, 2.45) is 0 Å². The lowest BCUT2D eigenvalue weighted by atomic mass is 10.4. The van der Waals surface area contributed by atoms with Gasteiger partial charge in [-0.05, 0) is 31.3 Å². The van der Waals surface area contributed by atoms with Crippen LogP contribution in [0, 0.1) is 0 Å². The van der Waals surface area contributed by atoms with Gasteiger partial charge < -0.3 is 10.6 Å². The molecular formula is C12H18ClN3O3S. The number of amides is 1. The lowest BCUT2D eigenvalue weighted by Crippen LogP contribution is -2.40. The number of benzene rings is 1. The number of likely N-dealkylation sites (N-methyl/N-ethyl adjacent to an activating group) is 2. The molecule has 0 fully saturated rings. The fourth-order valence-corrected chi connectivity index (χ4v) is 2.71. The van der Waals surface area contributed by atoms with Gasteiger partial charge in [0.05, 0.1) is 11.4 Å². The second kappa shape index (κ2) is 7.58. The Labute approximate surface area is 124 Å². The smallest absolute Gasteiger partial charge is 0.243 e. The molecule has 8 heteroatoms. The van der Waals surface area contributed by atoms with Crippen LogP contribution in [-0.2, 0) is 14.8 Å². The molecule has 0 aromatic heterocycles. The summed E-state index contributed by atoms with van der Waals surface area (Å²) < 4.78 is 25.4. The molecule has 0 aliphatic heterocycles. The number of nitrogens with one attached hydrogen (secondary N) is 2. The Morgan fingerprint density at radius 1 is 1.25 bits per heavy atom. The second-order valence-corrected chi connectivity index (χ2v) is 6.65. The molecule has 0 bridgehead atoms. The van der Waals surface area contributed by atoms with Crippen LogP contribution in [-0.4, -0.2) is 52.4 Å². The van der Waals surface area contributed by atoms with Gasteiger partial charge in [-0.25, -0.2) is 8.42 Å². The zero-order valence-corrected chi connectivity index (χ0v) is 13.0. The molecule has 2 N–H and O–H groups in total. The highest BCUT2D eigenvalue weighted by atomic mass is 35.5. The van der Waals surface area contributed by atoms with Gasteiger partial charge in [0.2, 0.25) is 15.9 Å². The van der Waals surface area contributed by atoms with E-state index in [9.17, 15) is 13.2 Å². The predicted molar refractivity (Wildman–Crippen MR) is 78.2 cm³/mol. The van der Waals surface area contributed by atoms with E-state index in [2.05, 4.69) is 10.6 Å². The van der Waals surface area contributed by atoms with Crippen LogP contribution in [0.5, 0.6) is 0 Å².